The van der Waals surface area contributed by atoms with Crippen molar-refractivity contribution in [1.29, 1.82) is 0 Å². The van der Waals surface area contributed by atoms with Crippen LogP contribution in [-0.2, 0) is 11.2 Å². The second-order valence-electron chi connectivity index (χ2n) is 7.40. The monoisotopic (exact) mass is 415 g/mol. The van der Waals surface area contributed by atoms with E-state index in [4.69, 9.17) is 4.74 Å². The van der Waals surface area contributed by atoms with Gasteiger partial charge in [0.25, 0.3) is 0 Å². The van der Waals surface area contributed by atoms with E-state index >= 15 is 0 Å². The predicted molar refractivity (Wildman–Crippen MR) is 129 cm³/mol. The molecule has 0 unspecified atom stereocenters. The maximum atomic E-state index is 11.9. The number of aldehydes is 1. The summed E-state index contributed by atoms with van der Waals surface area (Å²) in [6.07, 6.45) is 5.99. The average Bonchev–Trinajstić information content (AvgIpc) is 2.79. The van der Waals surface area contributed by atoms with Gasteiger partial charge in [0.2, 0.25) is 0 Å². The summed E-state index contributed by atoms with van der Waals surface area (Å²) in [6, 6.07) is 14.1. The fourth-order valence-electron chi connectivity index (χ4n) is 3.45. The van der Waals surface area contributed by atoms with Gasteiger partial charge in [-0.15, -0.1) is 0 Å². The Morgan fingerprint density at radius 3 is 2.71 bits per heavy atom. The van der Waals surface area contributed by atoms with Gasteiger partial charge in [-0.1, -0.05) is 36.9 Å². The molecule has 1 N–H and O–H groups in total. The van der Waals surface area contributed by atoms with E-state index in [1.165, 1.54) is 0 Å². The highest BCUT2D eigenvalue weighted by Crippen LogP contribution is 2.31. The van der Waals surface area contributed by atoms with Gasteiger partial charge in [0, 0.05) is 36.9 Å². The summed E-state index contributed by atoms with van der Waals surface area (Å²) in [5.74, 6) is 0. The lowest BCUT2D eigenvalue weighted by atomic mass is 9.95. The summed E-state index contributed by atoms with van der Waals surface area (Å²) in [5, 5.41) is 5.32. The van der Waals surface area contributed by atoms with Crippen molar-refractivity contribution in [2.45, 2.75) is 26.7 Å². The quantitative estimate of drug-likeness (QED) is 0.193. The second-order valence-corrected chi connectivity index (χ2v) is 7.40. The van der Waals surface area contributed by atoms with Crippen LogP contribution in [0.1, 0.15) is 47.4 Å². The molecule has 0 bridgehead atoms. The van der Waals surface area contributed by atoms with Gasteiger partial charge in [-0.05, 0) is 60.9 Å². The smallest absolute Gasteiger partial charge is 0.152 e. The van der Waals surface area contributed by atoms with Crippen LogP contribution in [0.3, 0.4) is 0 Å². The Labute approximate surface area is 183 Å². The molecule has 0 saturated heterocycles. The van der Waals surface area contributed by atoms with E-state index in [0.29, 0.717) is 25.1 Å². The Morgan fingerprint density at radius 1 is 1.23 bits per heavy atom. The standard InChI is InChI=1S/C26H29N3O2/c1-4-31-13-7-12-27-18-29-26-22(17-30)15-21(23-8-5-6-9-24(23)26)14-20-10-11-25(19(2)3)28-16-20/h5-6,8-11,15-18H,2,4,7,12-14H2,1,3H3,(H,27,29). The summed E-state index contributed by atoms with van der Waals surface area (Å²) in [5.41, 5.74) is 5.39. The molecule has 0 fully saturated rings. The van der Waals surface area contributed by atoms with E-state index in [1.54, 1.807) is 6.34 Å². The van der Waals surface area contributed by atoms with Crippen LogP contribution in [0.2, 0.25) is 0 Å². The zero-order valence-corrected chi connectivity index (χ0v) is 18.2. The van der Waals surface area contributed by atoms with E-state index in [1.807, 2.05) is 50.4 Å². The number of nitrogens with one attached hydrogen (secondary N) is 1. The minimum Gasteiger partial charge on any atom is -0.382 e. The molecule has 1 aromatic heterocycles. The van der Waals surface area contributed by atoms with Gasteiger partial charge in [-0.3, -0.25) is 14.8 Å². The number of anilines is 1. The minimum absolute atomic E-state index is 0.612. The molecule has 3 rings (SSSR count). The first-order valence-corrected chi connectivity index (χ1v) is 10.6. The summed E-state index contributed by atoms with van der Waals surface area (Å²) >= 11 is 0. The maximum Gasteiger partial charge on any atom is 0.152 e. The zero-order chi connectivity index (χ0) is 22.1. The highest BCUT2D eigenvalue weighted by Gasteiger charge is 2.12. The molecule has 0 atom stereocenters. The molecule has 31 heavy (non-hydrogen) atoms. The molecule has 160 valence electrons. The molecule has 3 aromatic rings. The number of nitrogens with zero attached hydrogens (tertiary/aromatic N) is 2. The highest BCUT2D eigenvalue weighted by atomic mass is 16.5. The third-order valence-corrected chi connectivity index (χ3v) is 5.02. The summed E-state index contributed by atoms with van der Waals surface area (Å²) in [4.78, 5) is 20.7. The fraction of sp³-hybridized carbons (Fsp3) is 0.269. The largest absolute Gasteiger partial charge is 0.382 e. The third-order valence-electron chi connectivity index (χ3n) is 5.02. The van der Waals surface area contributed by atoms with Gasteiger partial charge in [0.1, 0.15) is 0 Å². The van der Waals surface area contributed by atoms with Crippen LogP contribution in [0.5, 0.6) is 0 Å². The molecule has 5 nitrogen and oxygen atoms in total. The van der Waals surface area contributed by atoms with Crippen molar-refractivity contribution in [1.82, 2.24) is 4.98 Å². The summed E-state index contributed by atoms with van der Waals surface area (Å²) in [7, 11) is 0. The van der Waals surface area contributed by atoms with Crippen LogP contribution in [0.25, 0.3) is 16.3 Å². The number of hydrogen-bond donors (Lipinski definition) is 1. The van der Waals surface area contributed by atoms with Crippen molar-refractivity contribution >= 4 is 34.7 Å². The Kier molecular flexibility index (Phi) is 8.07. The van der Waals surface area contributed by atoms with Crippen LogP contribution < -0.4 is 5.32 Å². The third kappa shape index (κ3) is 5.86. The molecule has 1 heterocycles. The molecule has 2 aromatic carbocycles. The van der Waals surface area contributed by atoms with Crippen molar-refractivity contribution in [3.8, 4) is 0 Å². The number of rotatable bonds is 11. The van der Waals surface area contributed by atoms with Gasteiger partial charge >= 0.3 is 0 Å². The molecule has 5 heteroatoms. The van der Waals surface area contributed by atoms with E-state index in [0.717, 1.165) is 58.2 Å². The molecule has 0 aliphatic carbocycles. The van der Waals surface area contributed by atoms with Crippen molar-refractivity contribution in [2.75, 3.05) is 25.1 Å². The number of benzene rings is 2. The highest BCUT2D eigenvalue weighted by molar-refractivity contribution is 6.06. The summed E-state index contributed by atoms with van der Waals surface area (Å²) < 4.78 is 5.32. The lowest BCUT2D eigenvalue weighted by Crippen LogP contribution is -2.04. The zero-order valence-electron chi connectivity index (χ0n) is 18.2. The van der Waals surface area contributed by atoms with Crippen molar-refractivity contribution < 1.29 is 9.53 Å². The SMILES string of the molecule is C=C(C)c1ccc(Cc2cc(C=O)c(NC=NCCCOCC)c3ccccc23)cn1. The van der Waals surface area contributed by atoms with Crippen LogP contribution in [0.4, 0.5) is 5.69 Å². The second kappa shape index (κ2) is 11.2. The topological polar surface area (TPSA) is 63.6 Å². The fourth-order valence-corrected chi connectivity index (χ4v) is 3.45. The average molecular weight is 416 g/mol. The molecule has 0 radical (unpaired) electrons. The Bertz CT molecular complexity index is 1070. The number of aliphatic imine (C=N–C) groups is 1. The molecular formula is C26H29N3O2. The summed E-state index contributed by atoms with van der Waals surface area (Å²) in [6.45, 7) is 9.96. The van der Waals surface area contributed by atoms with E-state index in [9.17, 15) is 4.79 Å². The van der Waals surface area contributed by atoms with Crippen LogP contribution in [-0.4, -0.2) is 37.4 Å². The Balaban J connectivity index is 1.86. The van der Waals surface area contributed by atoms with Crippen molar-refractivity contribution in [3.05, 3.63) is 77.6 Å². The van der Waals surface area contributed by atoms with Crippen LogP contribution in [0, 0.1) is 0 Å². The van der Waals surface area contributed by atoms with Crippen molar-refractivity contribution in [3.63, 3.8) is 0 Å². The Morgan fingerprint density at radius 2 is 2.03 bits per heavy atom. The first-order chi connectivity index (χ1) is 15.1. The molecule has 0 saturated carbocycles. The minimum atomic E-state index is 0.612. The number of carbonyl (C=O) groups is 1. The molecule has 0 amide bonds. The molecule has 0 aliphatic heterocycles. The number of ether oxygens (including phenoxy) is 1. The maximum absolute atomic E-state index is 11.9. The molecular weight excluding hydrogens is 386 g/mol. The lowest BCUT2D eigenvalue weighted by Gasteiger charge is -2.14. The van der Waals surface area contributed by atoms with Gasteiger partial charge in [0.05, 0.1) is 17.7 Å². The van der Waals surface area contributed by atoms with Crippen LogP contribution in [0.15, 0.2) is 60.2 Å². The van der Waals surface area contributed by atoms with E-state index in [2.05, 4.69) is 34.0 Å². The first kappa shape index (κ1) is 22.4. The normalized spacial score (nSPS) is 11.2. The number of fused-ring (bicyclic) bond motifs is 1. The number of hydrogen-bond acceptors (Lipinski definition) is 4. The number of allylic oxidation sites excluding steroid dienone is 1. The van der Waals surface area contributed by atoms with Gasteiger partial charge in [0.15, 0.2) is 6.29 Å². The van der Waals surface area contributed by atoms with Crippen molar-refractivity contribution in [2.24, 2.45) is 4.99 Å². The number of aromatic nitrogens is 1. The Hall–Kier alpha value is -3.31. The number of pyridine rings is 1. The number of carbonyl (C=O) groups excluding carboxylic acids is 1. The predicted octanol–water partition coefficient (Wildman–Crippen LogP) is 5.54. The lowest BCUT2D eigenvalue weighted by molar-refractivity contribution is 0.112. The van der Waals surface area contributed by atoms with Gasteiger partial charge < -0.3 is 10.1 Å². The van der Waals surface area contributed by atoms with E-state index in [-0.39, 0.29) is 0 Å². The van der Waals surface area contributed by atoms with Crippen LogP contribution >= 0.6 is 0 Å². The first-order valence-electron chi connectivity index (χ1n) is 10.6. The molecule has 0 spiro atoms. The van der Waals surface area contributed by atoms with Gasteiger partial charge in [-0.2, -0.15) is 0 Å². The van der Waals surface area contributed by atoms with E-state index < -0.39 is 0 Å². The van der Waals surface area contributed by atoms with Gasteiger partial charge in [-0.25, -0.2) is 0 Å². The molecule has 0 aliphatic rings.